The van der Waals surface area contributed by atoms with Crippen molar-refractivity contribution in [1.29, 1.82) is 0 Å². The molecule has 0 radical (unpaired) electrons. The Balaban J connectivity index is 2.73. The molecule has 1 rings (SSSR count). The highest BCUT2D eigenvalue weighted by Gasteiger charge is 2.14. The zero-order valence-electron chi connectivity index (χ0n) is 10.3. The Morgan fingerprint density at radius 3 is 2.65 bits per heavy atom. The van der Waals surface area contributed by atoms with Crippen LogP contribution >= 0.6 is 23.2 Å². The standard InChI is InChI=1S/C13H17Cl2NO/c1-8-5-4-6-11(12(8)15)13(17)16-10(3)7-9(2)14/h4-6,9-10H,7H2,1-3H3,(H,16,17). The normalized spacial score (nSPS) is 14.2. The van der Waals surface area contributed by atoms with E-state index in [0.717, 1.165) is 12.0 Å². The Kier molecular flexibility index (Phi) is 5.29. The molecule has 1 N–H and O–H groups in total. The quantitative estimate of drug-likeness (QED) is 0.832. The molecule has 0 aliphatic carbocycles. The molecule has 0 saturated heterocycles. The molecule has 17 heavy (non-hydrogen) atoms. The molecular weight excluding hydrogens is 257 g/mol. The average Bonchev–Trinajstić information content (AvgIpc) is 2.20. The number of carbonyl (C=O) groups excluding carboxylic acids is 1. The molecule has 1 aromatic rings. The lowest BCUT2D eigenvalue weighted by molar-refractivity contribution is 0.0938. The SMILES string of the molecule is Cc1cccc(C(=O)NC(C)CC(C)Cl)c1Cl. The van der Waals surface area contributed by atoms with Gasteiger partial charge in [0.2, 0.25) is 0 Å². The molecule has 0 aliphatic rings. The topological polar surface area (TPSA) is 29.1 Å². The van der Waals surface area contributed by atoms with Gasteiger partial charge >= 0.3 is 0 Å². The minimum Gasteiger partial charge on any atom is -0.349 e. The smallest absolute Gasteiger partial charge is 0.253 e. The van der Waals surface area contributed by atoms with Gasteiger partial charge in [-0.1, -0.05) is 23.7 Å². The van der Waals surface area contributed by atoms with Gasteiger partial charge in [-0.25, -0.2) is 0 Å². The van der Waals surface area contributed by atoms with Crippen LogP contribution in [0.3, 0.4) is 0 Å². The second-order valence-corrected chi connectivity index (χ2v) is 5.45. The zero-order chi connectivity index (χ0) is 13.0. The number of benzene rings is 1. The van der Waals surface area contributed by atoms with E-state index in [9.17, 15) is 4.79 Å². The predicted octanol–water partition coefficient (Wildman–Crippen LogP) is 3.78. The summed E-state index contributed by atoms with van der Waals surface area (Å²) in [7, 11) is 0. The van der Waals surface area contributed by atoms with Crippen molar-refractivity contribution in [3.8, 4) is 0 Å². The van der Waals surface area contributed by atoms with Gasteiger partial charge in [-0.3, -0.25) is 4.79 Å². The summed E-state index contributed by atoms with van der Waals surface area (Å²) in [5, 5.41) is 3.44. The number of hydrogen-bond donors (Lipinski definition) is 1. The molecule has 1 amide bonds. The fourth-order valence-electron chi connectivity index (χ4n) is 1.67. The minimum absolute atomic E-state index is 0.0339. The molecule has 2 nitrogen and oxygen atoms in total. The highest BCUT2D eigenvalue weighted by atomic mass is 35.5. The van der Waals surface area contributed by atoms with Crippen LogP contribution in [0, 0.1) is 6.92 Å². The van der Waals surface area contributed by atoms with Crippen molar-refractivity contribution in [2.75, 3.05) is 0 Å². The molecule has 2 atom stereocenters. The van der Waals surface area contributed by atoms with E-state index < -0.39 is 0 Å². The maximum absolute atomic E-state index is 12.0. The van der Waals surface area contributed by atoms with Gasteiger partial charge in [0.1, 0.15) is 0 Å². The fourth-order valence-corrected chi connectivity index (χ4v) is 2.15. The summed E-state index contributed by atoms with van der Waals surface area (Å²) < 4.78 is 0. The van der Waals surface area contributed by atoms with Crippen LogP contribution in [0.2, 0.25) is 5.02 Å². The Bertz CT molecular complexity index is 404. The third-order valence-corrected chi connectivity index (χ3v) is 3.17. The van der Waals surface area contributed by atoms with E-state index in [0.29, 0.717) is 10.6 Å². The van der Waals surface area contributed by atoms with Crippen molar-refractivity contribution in [2.45, 2.75) is 38.6 Å². The Labute approximate surface area is 112 Å². The summed E-state index contributed by atoms with van der Waals surface area (Å²) in [6.07, 6.45) is 0.733. The highest BCUT2D eigenvalue weighted by Crippen LogP contribution is 2.20. The lowest BCUT2D eigenvalue weighted by Crippen LogP contribution is -2.34. The van der Waals surface area contributed by atoms with Crippen LogP contribution in [-0.2, 0) is 0 Å². The minimum atomic E-state index is -0.150. The number of nitrogens with one attached hydrogen (secondary N) is 1. The monoisotopic (exact) mass is 273 g/mol. The molecule has 0 saturated carbocycles. The summed E-state index contributed by atoms with van der Waals surface area (Å²) in [5.74, 6) is -0.150. The molecule has 0 aliphatic heterocycles. The van der Waals surface area contributed by atoms with E-state index in [-0.39, 0.29) is 17.3 Å². The van der Waals surface area contributed by atoms with Gasteiger partial charge in [0.15, 0.2) is 0 Å². The van der Waals surface area contributed by atoms with Crippen LogP contribution in [0.1, 0.15) is 36.2 Å². The van der Waals surface area contributed by atoms with Gasteiger partial charge in [0, 0.05) is 11.4 Å². The first kappa shape index (κ1) is 14.3. The summed E-state index contributed by atoms with van der Waals surface area (Å²) in [6, 6.07) is 5.46. The fraction of sp³-hybridized carbons (Fsp3) is 0.462. The lowest BCUT2D eigenvalue weighted by Gasteiger charge is -2.16. The summed E-state index contributed by atoms with van der Waals surface area (Å²) in [4.78, 5) is 12.0. The third-order valence-electron chi connectivity index (χ3n) is 2.49. The Morgan fingerprint density at radius 1 is 1.41 bits per heavy atom. The highest BCUT2D eigenvalue weighted by molar-refractivity contribution is 6.34. The van der Waals surface area contributed by atoms with Gasteiger partial charge < -0.3 is 5.32 Å². The molecule has 0 aromatic heterocycles. The molecule has 1 aromatic carbocycles. The number of rotatable bonds is 4. The number of carbonyl (C=O) groups is 1. The lowest BCUT2D eigenvalue weighted by atomic mass is 10.1. The molecule has 94 valence electrons. The number of hydrogen-bond acceptors (Lipinski definition) is 1. The van der Waals surface area contributed by atoms with E-state index in [1.807, 2.05) is 32.9 Å². The predicted molar refractivity (Wildman–Crippen MR) is 73.0 cm³/mol. The molecule has 0 heterocycles. The summed E-state index contributed by atoms with van der Waals surface area (Å²) >= 11 is 12.0. The van der Waals surface area contributed by atoms with E-state index in [4.69, 9.17) is 23.2 Å². The molecule has 4 heteroatoms. The molecule has 0 fully saturated rings. The maximum atomic E-state index is 12.0. The maximum Gasteiger partial charge on any atom is 0.253 e. The van der Waals surface area contributed by atoms with E-state index >= 15 is 0 Å². The van der Waals surface area contributed by atoms with Crippen molar-refractivity contribution in [3.05, 3.63) is 34.3 Å². The van der Waals surface area contributed by atoms with Crippen molar-refractivity contribution in [2.24, 2.45) is 0 Å². The second-order valence-electron chi connectivity index (χ2n) is 4.33. The van der Waals surface area contributed by atoms with Crippen LogP contribution < -0.4 is 5.32 Å². The number of alkyl halides is 1. The van der Waals surface area contributed by atoms with Crippen molar-refractivity contribution >= 4 is 29.1 Å². The van der Waals surface area contributed by atoms with Gasteiger partial charge in [0.05, 0.1) is 10.6 Å². The van der Waals surface area contributed by atoms with E-state index in [1.165, 1.54) is 0 Å². The first-order valence-corrected chi connectivity index (χ1v) is 6.43. The molecule has 0 bridgehead atoms. The van der Waals surface area contributed by atoms with Crippen molar-refractivity contribution in [3.63, 3.8) is 0 Å². The van der Waals surface area contributed by atoms with E-state index in [1.54, 1.807) is 6.07 Å². The van der Waals surface area contributed by atoms with E-state index in [2.05, 4.69) is 5.32 Å². The van der Waals surface area contributed by atoms with Crippen LogP contribution in [-0.4, -0.2) is 17.3 Å². The van der Waals surface area contributed by atoms with Crippen LogP contribution in [0.25, 0.3) is 0 Å². The molecular formula is C13H17Cl2NO. The van der Waals surface area contributed by atoms with Crippen LogP contribution in [0.4, 0.5) is 0 Å². The van der Waals surface area contributed by atoms with Crippen LogP contribution in [0.5, 0.6) is 0 Å². The second kappa shape index (κ2) is 6.27. The number of amides is 1. The summed E-state index contributed by atoms with van der Waals surface area (Å²) in [5.41, 5.74) is 1.42. The third kappa shape index (κ3) is 4.21. The molecule has 0 spiro atoms. The summed E-state index contributed by atoms with van der Waals surface area (Å²) in [6.45, 7) is 5.72. The first-order valence-electron chi connectivity index (χ1n) is 5.62. The van der Waals surface area contributed by atoms with Gasteiger partial charge in [-0.05, 0) is 38.8 Å². The van der Waals surface area contributed by atoms with Gasteiger partial charge in [-0.15, -0.1) is 11.6 Å². The number of halogens is 2. The van der Waals surface area contributed by atoms with Crippen LogP contribution in [0.15, 0.2) is 18.2 Å². The zero-order valence-corrected chi connectivity index (χ0v) is 11.8. The van der Waals surface area contributed by atoms with Crippen molar-refractivity contribution < 1.29 is 4.79 Å². The van der Waals surface area contributed by atoms with Gasteiger partial charge in [0.25, 0.3) is 5.91 Å². The number of aryl methyl sites for hydroxylation is 1. The first-order chi connectivity index (χ1) is 7.91. The largest absolute Gasteiger partial charge is 0.349 e. The Morgan fingerprint density at radius 2 is 2.06 bits per heavy atom. The van der Waals surface area contributed by atoms with Gasteiger partial charge in [-0.2, -0.15) is 0 Å². The Hall–Kier alpha value is -0.730. The average molecular weight is 274 g/mol. The molecule has 2 unspecified atom stereocenters. The van der Waals surface area contributed by atoms with Crippen molar-refractivity contribution in [1.82, 2.24) is 5.32 Å².